The molecule has 3 heterocycles. The van der Waals surface area contributed by atoms with E-state index in [4.69, 9.17) is 17.0 Å². The number of aromatic nitrogens is 2. The number of nitrogens with zero attached hydrogens (tertiary/aromatic N) is 3. The molecular weight excluding hydrogens is 408 g/mol. The van der Waals surface area contributed by atoms with E-state index >= 15 is 0 Å². The molecule has 0 saturated carbocycles. The summed E-state index contributed by atoms with van der Waals surface area (Å²) >= 11 is 6.58. The van der Waals surface area contributed by atoms with Gasteiger partial charge in [0, 0.05) is 32.5 Å². The zero-order valence-electron chi connectivity index (χ0n) is 16.7. The van der Waals surface area contributed by atoms with Gasteiger partial charge >= 0.3 is 0 Å². The smallest absolute Gasteiger partial charge is 0.267 e. The van der Waals surface area contributed by atoms with Crippen molar-refractivity contribution in [2.24, 2.45) is 0 Å². The lowest BCUT2D eigenvalue weighted by Crippen LogP contribution is -2.29. The highest BCUT2D eigenvalue weighted by atomic mass is 32.2. The van der Waals surface area contributed by atoms with E-state index in [1.807, 2.05) is 26.8 Å². The van der Waals surface area contributed by atoms with Gasteiger partial charge in [0.15, 0.2) is 0 Å². The fraction of sp³-hybridized carbons (Fsp3) is 0.400. The zero-order chi connectivity index (χ0) is 21.0. The number of amides is 1. The summed E-state index contributed by atoms with van der Waals surface area (Å²) in [5.41, 5.74) is 1.63. The highest BCUT2D eigenvalue weighted by Crippen LogP contribution is 2.33. The summed E-state index contributed by atoms with van der Waals surface area (Å²) < 4.78 is 7.33. The van der Waals surface area contributed by atoms with Gasteiger partial charge in [-0.2, -0.15) is 0 Å². The fourth-order valence-corrected chi connectivity index (χ4v) is 4.27. The molecule has 29 heavy (non-hydrogen) atoms. The first-order valence-electron chi connectivity index (χ1n) is 9.56. The Labute approximate surface area is 179 Å². The molecule has 0 bridgehead atoms. The first kappa shape index (κ1) is 21.5. The van der Waals surface area contributed by atoms with Gasteiger partial charge in [0.25, 0.3) is 11.5 Å². The number of hydrogen-bond acceptors (Lipinski definition) is 7. The maximum Gasteiger partial charge on any atom is 0.267 e. The van der Waals surface area contributed by atoms with Crippen LogP contribution in [0.2, 0.25) is 0 Å². The lowest BCUT2D eigenvalue weighted by atomic mass is 10.2. The first-order chi connectivity index (χ1) is 14.0. The Morgan fingerprint density at radius 2 is 2.10 bits per heavy atom. The molecule has 2 aromatic rings. The SMILES string of the molecule is CCNc1nc2ccc(C)cn2c(=O)c1C=C1SC(=S)N(CCCOCC)C1=O. The molecule has 0 aliphatic carbocycles. The molecule has 0 spiro atoms. The summed E-state index contributed by atoms with van der Waals surface area (Å²) in [5.74, 6) is 0.274. The van der Waals surface area contributed by atoms with Crippen molar-refractivity contribution < 1.29 is 9.53 Å². The molecule has 2 aromatic heterocycles. The summed E-state index contributed by atoms with van der Waals surface area (Å²) in [4.78, 5) is 32.5. The minimum atomic E-state index is -0.226. The molecule has 1 amide bonds. The Morgan fingerprint density at radius 1 is 1.31 bits per heavy atom. The predicted octanol–water partition coefficient (Wildman–Crippen LogP) is 3.06. The number of anilines is 1. The monoisotopic (exact) mass is 432 g/mol. The third kappa shape index (κ3) is 4.68. The third-order valence-electron chi connectivity index (χ3n) is 4.37. The molecule has 3 rings (SSSR count). The predicted molar refractivity (Wildman–Crippen MR) is 121 cm³/mol. The van der Waals surface area contributed by atoms with Crippen molar-refractivity contribution in [1.82, 2.24) is 14.3 Å². The van der Waals surface area contributed by atoms with Crippen molar-refractivity contribution in [2.45, 2.75) is 27.2 Å². The second kappa shape index (κ2) is 9.51. The standard InChI is InChI=1S/C20H24N4O3S2/c1-4-21-17-14(18(25)24-12-13(3)7-8-16(24)22-17)11-15-19(26)23(20(28)29-15)9-6-10-27-5-2/h7-8,11-12,21H,4-6,9-10H2,1-3H3. The third-order valence-corrected chi connectivity index (χ3v) is 5.75. The molecule has 1 saturated heterocycles. The van der Waals surface area contributed by atoms with Crippen LogP contribution in [-0.2, 0) is 9.53 Å². The van der Waals surface area contributed by atoms with E-state index in [9.17, 15) is 9.59 Å². The number of nitrogens with one attached hydrogen (secondary N) is 1. The number of thioether (sulfide) groups is 1. The van der Waals surface area contributed by atoms with Crippen molar-refractivity contribution in [1.29, 1.82) is 0 Å². The van der Waals surface area contributed by atoms with Crippen LogP contribution in [0.3, 0.4) is 0 Å². The first-order valence-corrected chi connectivity index (χ1v) is 10.8. The maximum absolute atomic E-state index is 13.1. The summed E-state index contributed by atoms with van der Waals surface area (Å²) in [5, 5.41) is 3.13. The number of aryl methyl sites for hydroxylation is 1. The number of ether oxygens (including phenoxy) is 1. The molecule has 0 aromatic carbocycles. The van der Waals surface area contributed by atoms with Gasteiger partial charge in [-0.3, -0.25) is 18.9 Å². The van der Waals surface area contributed by atoms with E-state index in [1.165, 1.54) is 16.2 Å². The van der Waals surface area contributed by atoms with Gasteiger partial charge in [-0.15, -0.1) is 0 Å². The number of carbonyl (C=O) groups is 1. The topological polar surface area (TPSA) is 75.9 Å². The molecule has 1 N–H and O–H groups in total. The van der Waals surface area contributed by atoms with E-state index in [-0.39, 0.29) is 11.5 Å². The van der Waals surface area contributed by atoms with Gasteiger partial charge < -0.3 is 10.1 Å². The molecule has 0 unspecified atom stereocenters. The molecule has 7 nitrogen and oxygen atoms in total. The number of pyridine rings is 1. The molecule has 0 radical (unpaired) electrons. The average Bonchev–Trinajstić information content (AvgIpc) is 2.96. The number of thiocarbonyl (C=S) groups is 1. The summed E-state index contributed by atoms with van der Waals surface area (Å²) in [7, 11) is 0. The number of hydrogen-bond donors (Lipinski definition) is 1. The van der Waals surface area contributed by atoms with E-state index in [2.05, 4.69) is 10.3 Å². The minimum absolute atomic E-state index is 0.187. The molecule has 154 valence electrons. The van der Waals surface area contributed by atoms with Gasteiger partial charge in [-0.25, -0.2) is 4.98 Å². The number of rotatable bonds is 8. The molecule has 1 aliphatic heterocycles. The van der Waals surface area contributed by atoms with Crippen LogP contribution in [0.5, 0.6) is 0 Å². The Morgan fingerprint density at radius 3 is 2.83 bits per heavy atom. The molecular formula is C20H24N4O3S2. The Kier molecular flexibility index (Phi) is 7.05. The van der Waals surface area contributed by atoms with Crippen LogP contribution in [0.25, 0.3) is 11.7 Å². The van der Waals surface area contributed by atoms with Gasteiger partial charge in [0.1, 0.15) is 15.8 Å². The Bertz CT molecular complexity index is 1030. The van der Waals surface area contributed by atoms with E-state index in [1.54, 1.807) is 23.2 Å². The minimum Gasteiger partial charge on any atom is -0.382 e. The summed E-state index contributed by atoms with van der Waals surface area (Å²) in [6, 6.07) is 3.71. The van der Waals surface area contributed by atoms with Gasteiger partial charge in [-0.1, -0.05) is 30.0 Å². The van der Waals surface area contributed by atoms with Crippen molar-refractivity contribution in [2.75, 3.05) is 31.6 Å². The van der Waals surface area contributed by atoms with Crippen LogP contribution in [0.15, 0.2) is 28.0 Å². The average molecular weight is 433 g/mol. The van der Waals surface area contributed by atoms with Crippen LogP contribution in [0.1, 0.15) is 31.4 Å². The second-order valence-corrected chi connectivity index (χ2v) is 8.20. The van der Waals surface area contributed by atoms with E-state index < -0.39 is 0 Å². The zero-order valence-corrected chi connectivity index (χ0v) is 18.4. The second-order valence-electron chi connectivity index (χ2n) is 6.53. The van der Waals surface area contributed by atoms with Crippen molar-refractivity contribution >= 4 is 51.7 Å². The lowest BCUT2D eigenvalue weighted by molar-refractivity contribution is -0.122. The molecule has 0 atom stereocenters. The van der Waals surface area contributed by atoms with E-state index in [0.717, 1.165) is 5.56 Å². The lowest BCUT2D eigenvalue weighted by Gasteiger charge is -2.14. The summed E-state index contributed by atoms with van der Waals surface area (Å²) in [6.07, 6.45) is 4.05. The van der Waals surface area contributed by atoms with Gasteiger partial charge in [0.2, 0.25) is 0 Å². The van der Waals surface area contributed by atoms with Gasteiger partial charge in [-0.05, 0) is 44.9 Å². The van der Waals surface area contributed by atoms with Crippen LogP contribution >= 0.6 is 24.0 Å². The summed E-state index contributed by atoms with van der Waals surface area (Å²) in [6.45, 7) is 8.10. The van der Waals surface area contributed by atoms with E-state index in [0.29, 0.717) is 59.0 Å². The number of carbonyl (C=O) groups excluding carboxylic acids is 1. The normalized spacial score (nSPS) is 15.7. The van der Waals surface area contributed by atoms with Crippen molar-refractivity contribution in [3.05, 3.63) is 44.7 Å². The molecule has 1 fully saturated rings. The Hall–Kier alpha value is -2.23. The quantitative estimate of drug-likeness (QED) is 0.390. The number of fused-ring (bicyclic) bond motifs is 1. The Balaban J connectivity index is 1.97. The van der Waals surface area contributed by atoms with Crippen LogP contribution in [-0.4, -0.2) is 50.8 Å². The molecule has 9 heteroatoms. The van der Waals surface area contributed by atoms with Crippen molar-refractivity contribution in [3.63, 3.8) is 0 Å². The van der Waals surface area contributed by atoms with Crippen LogP contribution < -0.4 is 10.9 Å². The maximum atomic E-state index is 13.1. The molecule has 1 aliphatic rings. The fourth-order valence-electron chi connectivity index (χ4n) is 2.98. The van der Waals surface area contributed by atoms with Crippen LogP contribution in [0.4, 0.5) is 5.82 Å². The van der Waals surface area contributed by atoms with Gasteiger partial charge in [0.05, 0.1) is 10.5 Å². The van der Waals surface area contributed by atoms with Crippen molar-refractivity contribution in [3.8, 4) is 0 Å². The highest BCUT2D eigenvalue weighted by molar-refractivity contribution is 8.26. The highest BCUT2D eigenvalue weighted by Gasteiger charge is 2.32. The largest absolute Gasteiger partial charge is 0.382 e. The van der Waals surface area contributed by atoms with Crippen LogP contribution in [0, 0.1) is 6.92 Å².